The van der Waals surface area contributed by atoms with Crippen molar-refractivity contribution >= 4 is 11.9 Å². The molecule has 11 heteroatoms. The molecule has 3 aliphatic rings. The minimum atomic E-state index is -5.08. The van der Waals surface area contributed by atoms with E-state index in [1.807, 2.05) is 23.1 Å². The number of carboxylic acids is 1. The molecule has 1 aromatic rings. The van der Waals surface area contributed by atoms with E-state index in [4.69, 9.17) is 19.4 Å². The molecule has 4 rings (SSSR count). The van der Waals surface area contributed by atoms with Crippen molar-refractivity contribution in [1.82, 2.24) is 9.88 Å². The Morgan fingerprint density at radius 1 is 1.29 bits per heavy atom. The van der Waals surface area contributed by atoms with Crippen LogP contribution in [0, 0.1) is 11.8 Å². The molecule has 0 radical (unpaired) electrons. The zero-order valence-corrected chi connectivity index (χ0v) is 16.7. The van der Waals surface area contributed by atoms with E-state index in [0.29, 0.717) is 44.3 Å². The third-order valence-corrected chi connectivity index (χ3v) is 5.85. The fourth-order valence-corrected chi connectivity index (χ4v) is 4.04. The standard InChI is InChI=1S/C18H23FN2O3.C2HF3O2/c19-15-9-13(10-15)17(22)21-11-18(12-21)14(5-8-24-18)4-7-23-16-3-1-2-6-20-16;3-2(4,5)1(6)7/h1-3,6,13-15H,4-5,7-12H2;(H,6,7). The quantitative estimate of drug-likeness (QED) is 0.697. The number of carbonyl (C=O) groups is 2. The van der Waals surface area contributed by atoms with Gasteiger partial charge in [0, 0.05) is 24.8 Å². The topological polar surface area (TPSA) is 89.0 Å². The summed E-state index contributed by atoms with van der Waals surface area (Å²) in [4.78, 5) is 27.2. The molecule has 3 fully saturated rings. The number of hydrogen-bond donors (Lipinski definition) is 1. The average Bonchev–Trinajstić information content (AvgIpc) is 3.08. The summed E-state index contributed by atoms with van der Waals surface area (Å²) in [5.41, 5.74) is -0.206. The first-order valence-corrected chi connectivity index (χ1v) is 10.0. The monoisotopic (exact) mass is 448 g/mol. The van der Waals surface area contributed by atoms with E-state index in [1.165, 1.54) is 0 Å². The van der Waals surface area contributed by atoms with Crippen LogP contribution in [0.5, 0.6) is 5.88 Å². The smallest absolute Gasteiger partial charge is 0.478 e. The highest BCUT2D eigenvalue weighted by atomic mass is 19.4. The van der Waals surface area contributed by atoms with Crippen molar-refractivity contribution in [3.8, 4) is 5.88 Å². The Bertz CT molecular complexity index is 765. The number of carbonyl (C=O) groups excluding carboxylic acids is 1. The minimum Gasteiger partial charge on any atom is -0.478 e. The van der Waals surface area contributed by atoms with Crippen molar-refractivity contribution in [3.63, 3.8) is 0 Å². The summed E-state index contributed by atoms with van der Waals surface area (Å²) in [6.07, 6.45) is -1.46. The number of alkyl halides is 4. The van der Waals surface area contributed by atoms with Crippen LogP contribution in [-0.4, -0.2) is 71.1 Å². The summed E-state index contributed by atoms with van der Waals surface area (Å²) in [6.45, 7) is 2.64. The fraction of sp³-hybridized carbons (Fsp3) is 0.650. The molecule has 1 N–H and O–H groups in total. The van der Waals surface area contributed by atoms with Crippen LogP contribution in [-0.2, 0) is 14.3 Å². The summed E-state index contributed by atoms with van der Waals surface area (Å²) in [7, 11) is 0. The predicted molar refractivity (Wildman–Crippen MR) is 99.0 cm³/mol. The number of hydrogen-bond acceptors (Lipinski definition) is 5. The van der Waals surface area contributed by atoms with Gasteiger partial charge in [-0.1, -0.05) is 6.07 Å². The molecule has 1 unspecified atom stereocenters. The van der Waals surface area contributed by atoms with Gasteiger partial charge in [-0.3, -0.25) is 4.79 Å². The molecule has 2 saturated heterocycles. The van der Waals surface area contributed by atoms with Crippen molar-refractivity contribution in [2.24, 2.45) is 11.8 Å². The second-order valence-electron chi connectivity index (χ2n) is 7.97. The van der Waals surface area contributed by atoms with Gasteiger partial charge >= 0.3 is 12.1 Å². The Hall–Kier alpha value is -2.43. The van der Waals surface area contributed by atoms with Crippen LogP contribution in [0.25, 0.3) is 0 Å². The number of halogens is 4. The Balaban J connectivity index is 0.000000339. The molecule has 31 heavy (non-hydrogen) atoms. The van der Waals surface area contributed by atoms with Gasteiger partial charge in [0.15, 0.2) is 0 Å². The van der Waals surface area contributed by atoms with Crippen LogP contribution in [0.3, 0.4) is 0 Å². The zero-order valence-electron chi connectivity index (χ0n) is 16.7. The zero-order chi connectivity index (χ0) is 22.6. The lowest BCUT2D eigenvalue weighted by atomic mass is 9.76. The fourth-order valence-electron chi connectivity index (χ4n) is 4.04. The molecule has 1 saturated carbocycles. The molecule has 3 heterocycles. The Kier molecular flexibility index (Phi) is 7.03. The molecule has 0 aromatic carbocycles. The maximum Gasteiger partial charge on any atom is 0.490 e. The van der Waals surface area contributed by atoms with Crippen LogP contribution in [0.15, 0.2) is 24.4 Å². The van der Waals surface area contributed by atoms with Gasteiger partial charge in [-0.15, -0.1) is 0 Å². The molecule has 1 aliphatic carbocycles. The third kappa shape index (κ3) is 5.63. The number of aromatic nitrogens is 1. The summed E-state index contributed by atoms with van der Waals surface area (Å²) in [5, 5.41) is 7.12. The van der Waals surface area contributed by atoms with Gasteiger partial charge < -0.3 is 19.5 Å². The van der Waals surface area contributed by atoms with Gasteiger partial charge in [-0.05, 0) is 37.7 Å². The van der Waals surface area contributed by atoms with Crippen molar-refractivity contribution in [3.05, 3.63) is 24.4 Å². The normalized spacial score (nSPS) is 26.3. The number of pyridine rings is 1. The highest BCUT2D eigenvalue weighted by molar-refractivity contribution is 5.81. The van der Waals surface area contributed by atoms with E-state index in [-0.39, 0.29) is 17.4 Å². The van der Waals surface area contributed by atoms with E-state index in [1.54, 1.807) is 6.20 Å². The van der Waals surface area contributed by atoms with Crippen molar-refractivity contribution in [2.75, 3.05) is 26.3 Å². The van der Waals surface area contributed by atoms with Crippen molar-refractivity contribution in [1.29, 1.82) is 0 Å². The number of aliphatic carboxylic acids is 1. The first-order valence-electron chi connectivity index (χ1n) is 10.0. The highest BCUT2D eigenvalue weighted by Crippen LogP contribution is 2.43. The van der Waals surface area contributed by atoms with Crippen LogP contribution >= 0.6 is 0 Å². The maximum atomic E-state index is 12.9. The van der Waals surface area contributed by atoms with E-state index in [2.05, 4.69) is 4.98 Å². The molecular formula is C20H24F4N2O5. The number of likely N-dealkylation sites (tertiary alicyclic amines) is 1. The molecule has 1 spiro atoms. The molecule has 2 aliphatic heterocycles. The third-order valence-electron chi connectivity index (χ3n) is 5.85. The molecule has 1 aromatic heterocycles. The number of nitrogens with zero attached hydrogens (tertiary/aromatic N) is 2. The lowest BCUT2D eigenvalue weighted by Gasteiger charge is -2.52. The maximum absolute atomic E-state index is 12.9. The van der Waals surface area contributed by atoms with Gasteiger partial charge in [0.2, 0.25) is 11.8 Å². The van der Waals surface area contributed by atoms with Gasteiger partial charge in [0.05, 0.1) is 19.7 Å². The lowest BCUT2D eigenvalue weighted by molar-refractivity contribution is -0.192. The lowest BCUT2D eigenvalue weighted by Crippen LogP contribution is -2.67. The Morgan fingerprint density at radius 3 is 2.52 bits per heavy atom. The summed E-state index contributed by atoms with van der Waals surface area (Å²) in [6, 6.07) is 5.61. The van der Waals surface area contributed by atoms with Gasteiger partial charge in [0.25, 0.3) is 0 Å². The number of amides is 1. The molecule has 7 nitrogen and oxygen atoms in total. The molecular weight excluding hydrogens is 424 g/mol. The second kappa shape index (κ2) is 9.37. The van der Waals surface area contributed by atoms with Gasteiger partial charge in [0.1, 0.15) is 11.8 Å². The largest absolute Gasteiger partial charge is 0.490 e. The molecule has 1 amide bonds. The summed E-state index contributed by atoms with van der Waals surface area (Å²) >= 11 is 0. The Labute approximate surface area is 176 Å². The summed E-state index contributed by atoms with van der Waals surface area (Å²) in [5.74, 6) is -1.71. The first-order chi connectivity index (χ1) is 14.6. The molecule has 172 valence electrons. The summed E-state index contributed by atoms with van der Waals surface area (Å²) < 4.78 is 56.3. The second-order valence-corrected chi connectivity index (χ2v) is 7.97. The number of carboxylic acid groups (broad SMARTS) is 1. The van der Waals surface area contributed by atoms with Crippen LogP contribution in [0.2, 0.25) is 0 Å². The van der Waals surface area contributed by atoms with E-state index < -0.39 is 18.3 Å². The van der Waals surface area contributed by atoms with Gasteiger partial charge in [-0.25, -0.2) is 14.2 Å². The van der Waals surface area contributed by atoms with E-state index in [9.17, 15) is 22.4 Å². The Morgan fingerprint density at radius 2 is 1.97 bits per heavy atom. The van der Waals surface area contributed by atoms with E-state index >= 15 is 0 Å². The van der Waals surface area contributed by atoms with Crippen molar-refractivity contribution in [2.45, 2.75) is 43.6 Å². The van der Waals surface area contributed by atoms with Crippen LogP contribution in [0.1, 0.15) is 25.7 Å². The number of rotatable bonds is 5. The predicted octanol–water partition coefficient (Wildman–Crippen LogP) is 2.85. The van der Waals surface area contributed by atoms with Crippen molar-refractivity contribution < 1.29 is 41.7 Å². The number of ether oxygens (including phenoxy) is 2. The molecule has 0 bridgehead atoms. The minimum absolute atomic E-state index is 0.105. The van der Waals surface area contributed by atoms with Crippen LogP contribution in [0.4, 0.5) is 17.6 Å². The average molecular weight is 448 g/mol. The molecule has 1 atom stereocenters. The van der Waals surface area contributed by atoms with Gasteiger partial charge in [-0.2, -0.15) is 13.2 Å². The highest BCUT2D eigenvalue weighted by Gasteiger charge is 2.55. The first kappa shape index (κ1) is 23.2. The van der Waals surface area contributed by atoms with E-state index in [0.717, 1.165) is 19.4 Å². The SMILES string of the molecule is O=C(C1CC(F)C1)N1CC2(C1)OCCC2CCOc1ccccn1.O=C(O)C(F)(F)F. The van der Waals surface area contributed by atoms with Crippen LogP contribution < -0.4 is 4.74 Å².